The SMILES string of the molecule is CC(F)(F)F.O=CN1CCc2ccc(Cl)c(OS(=O)(=O)C(F)(F)F)c2CC1. The summed E-state index contributed by atoms with van der Waals surface area (Å²) in [4.78, 5) is 12.2. The lowest BCUT2D eigenvalue weighted by Crippen LogP contribution is -2.28. The number of carbonyl (C=O) groups excluding carboxylic acids is 1. The van der Waals surface area contributed by atoms with Gasteiger partial charge >= 0.3 is 21.8 Å². The lowest BCUT2D eigenvalue weighted by atomic mass is 10.0. The van der Waals surface area contributed by atoms with E-state index in [1.807, 2.05) is 0 Å². The molecule has 1 amide bonds. The molecule has 1 aliphatic rings. The van der Waals surface area contributed by atoms with Crippen molar-refractivity contribution in [1.82, 2.24) is 4.90 Å². The molecule has 0 aliphatic carbocycles. The van der Waals surface area contributed by atoms with Crippen LogP contribution < -0.4 is 4.18 Å². The van der Waals surface area contributed by atoms with E-state index in [2.05, 4.69) is 4.18 Å². The fraction of sp³-hybridized carbons (Fsp3) is 0.500. The molecule has 5 nitrogen and oxygen atoms in total. The smallest absolute Gasteiger partial charge is 0.374 e. The molecule has 154 valence electrons. The number of rotatable bonds is 3. The summed E-state index contributed by atoms with van der Waals surface area (Å²) in [5.74, 6) is -0.524. The molecule has 0 atom stereocenters. The molecule has 1 heterocycles. The molecule has 1 aliphatic heterocycles. The van der Waals surface area contributed by atoms with E-state index < -0.39 is 27.6 Å². The van der Waals surface area contributed by atoms with Gasteiger partial charge in [0.15, 0.2) is 5.75 Å². The van der Waals surface area contributed by atoms with E-state index >= 15 is 0 Å². The molecule has 0 bridgehead atoms. The summed E-state index contributed by atoms with van der Waals surface area (Å²) >= 11 is 5.80. The summed E-state index contributed by atoms with van der Waals surface area (Å²) < 4.78 is 95.1. The van der Waals surface area contributed by atoms with Gasteiger partial charge in [0.2, 0.25) is 6.41 Å². The zero-order chi connectivity index (χ0) is 21.0. The summed E-state index contributed by atoms with van der Waals surface area (Å²) in [5.41, 5.74) is -4.68. The number of amides is 1. The highest BCUT2D eigenvalue weighted by molar-refractivity contribution is 7.88. The number of halogens is 7. The summed E-state index contributed by atoms with van der Waals surface area (Å²) in [6, 6.07) is 2.86. The van der Waals surface area contributed by atoms with Gasteiger partial charge < -0.3 is 9.08 Å². The molecular weight excluding hydrogens is 428 g/mol. The first-order valence-corrected chi connectivity index (χ1v) is 9.01. The average molecular weight is 442 g/mol. The molecule has 2 rings (SSSR count). The lowest BCUT2D eigenvalue weighted by Gasteiger charge is -2.16. The van der Waals surface area contributed by atoms with Crippen LogP contribution in [0.5, 0.6) is 5.75 Å². The number of nitrogens with zero attached hydrogens (tertiary/aromatic N) is 1. The van der Waals surface area contributed by atoms with E-state index in [0.29, 0.717) is 24.9 Å². The van der Waals surface area contributed by atoms with Crippen molar-refractivity contribution < 1.29 is 43.7 Å². The van der Waals surface area contributed by atoms with Crippen LogP contribution in [0.3, 0.4) is 0 Å². The Morgan fingerprint density at radius 3 is 2.11 bits per heavy atom. The van der Waals surface area contributed by atoms with Gasteiger partial charge in [-0.15, -0.1) is 0 Å². The van der Waals surface area contributed by atoms with Crippen molar-refractivity contribution in [3.8, 4) is 5.75 Å². The highest BCUT2D eigenvalue weighted by Gasteiger charge is 2.49. The van der Waals surface area contributed by atoms with Gasteiger partial charge in [-0.25, -0.2) is 0 Å². The van der Waals surface area contributed by atoms with Gasteiger partial charge in [-0.3, -0.25) is 4.79 Å². The zero-order valence-corrected chi connectivity index (χ0v) is 15.3. The number of hydrogen-bond acceptors (Lipinski definition) is 4. The first-order valence-electron chi connectivity index (χ1n) is 7.23. The van der Waals surface area contributed by atoms with Gasteiger partial charge in [0.1, 0.15) is 0 Å². The van der Waals surface area contributed by atoms with E-state index in [4.69, 9.17) is 11.6 Å². The van der Waals surface area contributed by atoms with Gasteiger partial charge in [-0.1, -0.05) is 17.7 Å². The Balaban J connectivity index is 0.000000646. The molecule has 1 aromatic rings. The van der Waals surface area contributed by atoms with Crippen LogP contribution in [0.15, 0.2) is 12.1 Å². The van der Waals surface area contributed by atoms with Crippen LogP contribution in [0, 0.1) is 0 Å². The standard InChI is InChI=1S/C12H11ClF3NO4S.C2H3F3/c13-10-2-1-8-3-5-17(7-18)6-4-9(8)11(10)21-22(19,20)12(14,15)16;1-2(3,4)5/h1-2,7H,3-6H2;1H3. The van der Waals surface area contributed by atoms with Gasteiger partial charge in [0.05, 0.1) is 5.02 Å². The van der Waals surface area contributed by atoms with E-state index in [-0.39, 0.29) is 30.5 Å². The normalized spacial score (nSPS) is 15.2. The molecule has 1 aromatic carbocycles. The Hall–Kier alpha value is -1.69. The van der Waals surface area contributed by atoms with Crippen LogP contribution in [-0.2, 0) is 27.8 Å². The van der Waals surface area contributed by atoms with Crippen LogP contribution in [0.1, 0.15) is 18.1 Å². The number of hydrogen-bond donors (Lipinski definition) is 0. The monoisotopic (exact) mass is 441 g/mol. The summed E-state index contributed by atoms with van der Waals surface area (Å²) in [6.45, 7) is 0.801. The maximum atomic E-state index is 12.5. The molecular formula is C14H14ClF6NO4S. The van der Waals surface area contributed by atoms with Gasteiger partial charge in [-0.05, 0) is 24.5 Å². The van der Waals surface area contributed by atoms with Crippen molar-refractivity contribution in [2.24, 2.45) is 0 Å². The Labute approximate surface area is 156 Å². The number of benzene rings is 1. The number of alkyl halides is 6. The summed E-state index contributed by atoms with van der Waals surface area (Å²) in [5, 5.41) is -0.230. The Morgan fingerprint density at radius 1 is 1.11 bits per heavy atom. The quantitative estimate of drug-likeness (QED) is 0.310. The predicted octanol–water partition coefficient (Wildman–Crippen LogP) is 3.69. The van der Waals surface area contributed by atoms with Crippen molar-refractivity contribution in [3.05, 3.63) is 28.3 Å². The summed E-state index contributed by atoms with van der Waals surface area (Å²) in [7, 11) is -5.81. The van der Waals surface area contributed by atoms with Crippen LogP contribution in [0.25, 0.3) is 0 Å². The second kappa shape index (κ2) is 8.55. The van der Waals surface area contributed by atoms with Gasteiger partial charge in [0.25, 0.3) is 0 Å². The van der Waals surface area contributed by atoms with E-state index in [9.17, 15) is 39.6 Å². The Bertz CT molecular complexity index is 773. The third-order valence-corrected chi connectivity index (χ3v) is 4.50. The maximum Gasteiger partial charge on any atom is 0.534 e. The molecule has 0 saturated heterocycles. The average Bonchev–Trinajstić information content (AvgIpc) is 2.69. The third-order valence-electron chi connectivity index (χ3n) is 3.25. The van der Waals surface area contributed by atoms with Crippen LogP contribution in [0.2, 0.25) is 5.02 Å². The van der Waals surface area contributed by atoms with Crippen LogP contribution >= 0.6 is 11.6 Å². The molecule has 0 unspecified atom stereocenters. The first-order chi connectivity index (χ1) is 12.2. The molecule has 27 heavy (non-hydrogen) atoms. The molecule has 0 radical (unpaired) electrons. The second-order valence-electron chi connectivity index (χ2n) is 5.42. The third kappa shape index (κ3) is 7.09. The molecule has 13 heteroatoms. The van der Waals surface area contributed by atoms with Gasteiger partial charge in [0, 0.05) is 25.6 Å². The van der Waals surface area contributed by atoms with Crippen molar-refractivity contribution in [2.75, 3.05) is 13.1 Å². The highest BCUT2D eigenvalue weighted by Crippen LogP contribution is 2.37. The van der Waals surface area contributed by atoms with Crippen molar-refractivity contribution in [3.63, 3.8) is 0 Å². The fourth-order valence-electron chi connectivity index (χ4n) is 2.13. The minimum Gasteiger partial charge on any atom is -0.374 e. The van der Waals surface area contributed by atoms with Crippen LogP contribution in [0.4, 0.5) is 26.3 Å². The Kier molecular flexibility index (Phi) is 7.39. The molecule has 0 aromatic heterocycles. The maximum absolute atomic E-state index is 12.5. The molecule has 0 N–H and O–H groups in total. The fourth-order valence-corrected chi connectivity index (χ4v) is 2.90. The molecule has 0 saturated carbocycles. The van der Waals surface area contributed by atoms with E-state index in [0.717, 1.165) is 0 Å². The molecule has 0 fully saturated rings. The Morgan fingerprint density at radius 2 is 1.63 bits per heavy atom. The van der Waals surface area contributed by atoms with Crippen LogP contribution in [-0.4, -0.2) is 44.5 Å². The van der Waals surface area contributed by atoms with Crippen molar-refractivity contribution >= 4 is 28.1 Å². The second-order valence-corrected chi connectivity index (χ2v) is 7.37. The predicted molar refractivity (Wildman–Crippen MR) is 83.8 cm³/mol. The van der Waals surface area contributed by atoms with E-state index in [1.54, 1.807) is 6.07 Å². The van der Waals surface area contributed by atoms with Gasteiger partial charge in [-0.2, -0.15) is 34.8 Å². The minimum absolute atomic E-state index is 0.150. The number of carbonyl (C=O) groups is 1. The molecule has 0 spiro atoms. The first kappa shape index (κ1) is 23.3. The summed E-state index contributed by atoms with van der Waals surface area (Å²) in [6.07, 6.45) is -2.86. The highest BCUT2D eigenvalue weighted by atomic mass is 35.5. The largest absolute Gasteiger partial charge is 0.534 e. The topological polar surface area (TPSA) is 63.7 Å². The lowest BCUT2D eigenvalue weighted by molar-refractivity contribution is -0.118. The van der Waals surface area contributed by atoms with Crippen molar-refractivity contribution in [1.29, 1.82) is 0 Å². The zero-order valence-electron chi connectivity index (χ0n) is 13.7. The van der Waals surface area contributed by atoms with E-state index in [1.165, 1.54) is 11.0 Å². The number of fused-ring (bicyclic) bond motifs is 1. The minimum atomic E-state index is -5.81. The van der Waals surface area contributed by atoms with Crippen molar-refractivity contribution in [2.45, 2.75) is 31.5 Å².